The van der Waals surface area contributed by atoms with Crippen LogP contribution in [-0.4, -0.2) is 16.3 Å². The van der Waals surface area contributed by atoms with Crippen LogP contribution in [-0.2, 0) is 13.1 Å². The maximum Gasteiger partial charge on any atom is 0.0865 e. The molecule has 114 valence electrons. The van der Waals surface area contributed by atoms with Gasteiger partial charge >= 0.3 is 0 Å². The van der Waals surface area contributed by atoms with Crippen molar-refractivity contribution in [2.24, 2.45) is 0 Å². The molecule has 0 radical (unpaired) electrons. The topological polar surface area (TPSA) is 47.1 Å². The third-order valence-corrected chi connectivity index (χ3v) is 4.01. The molecule has 0 aliphatic heterocycles. The van der Waals surface area contributed by atoms with Crippen LogP contribution in [0.2, 0.25) is 5.02 Å². The standard InChI is InChI=1S/C16H23ClN4/c1-4-9-20(14-8-6-7-13(18)10-14)11-15-16(17)12(3)19-21(15)5-2/h6-8,10H,4-5,9,11,18H2,1-3H3. The summed E-state index contributed by atoms with van der Waals surface area (Å²) in [6.07, 6.45) is 1.06. The van der Waals surface area contributed by atoms with Crippen LogP contribution >= 0.6 is 11.6 Å². The second-order valence-electron chi connectivity index (χ2n) is 5.18. The zero-order chi connectivity index (χ0) is 15.4. The van der Waals surface area contributed by atoms with E-state index in [4.69, 9.17) is 17.3 Å². The predicted molar refractivity (Wildman–Crippen MR) is 89.8 cm³/mol. The van der Waals surface area contributed by atoms with Crippen molar-refractivity contribution in [1.82, 2.24) is 9.78 Å². The van der Waals surface area contributed by atoms with Crippen molar-refractivity contribution in [3.8, 4) is 0 Å². The Hall–Kier alpha value is -1.68. The van der Waals surface area contributed by atoms with Crippen LogP contribution in [0.4, 0.5) is 11.4 Å². The molecule has 0 spiro atoms. The molecule has 5 heteroatoms. The summed E-state index contributed by atoms with van der Waals surface area (Å²) in [6.45, 7) is 8.71. The van der Waals surface area contributed by atoms with Crippen molar-refractivity contribution in [2.45, 2.75) is 40.3 Å². The summed E-state index contributed by atoms with van der Waals surface area (Å²) in [5.74, 6) is 0. The number of hydrogen-bond donors (Lipinski definition) is 1. The number of anilines is 2. The van der Waals surface area contributed by atoms with Crippen molar-refractivity contribution in [3.63, 3.8) is 0 Å². The number of aryl methyl sites for hydroxylation is 2. The molecule has 0 aliphatic rings. The van der Waals surface area contributed by atoms with Gasteiger partial charge in [-0.2, -0.15) is 5.10 Å². The summed E-state index contributed by atoms with van der Waals surface area (Å²) < 4.78 is 1.98. The molecule has 2 rings (SSSR count). The summed E-state index contributed by atoms with van der Waals surface area (Å²) in [6, 6.07) is 7.97. The first-order valence-electron chi connectivity index (χ1n) is 7.39. The van der Waals surface area contributed by atoms with Gasteiger partial charge in [0.2, 0.25) is 0 Å². The largest absolute Gasteiger partial charge is 0.399 e. The maximum absolute atomic E-state index is 6.42. The minimum Gasteiger partial charge on any atom is -0.399 e. The molecule has 0 saturated heterocycles. The maximum atomic E-state index is 6.42. The fourth-order valence-corrected chi connectivity index (χ4v) is 2.69. The van der Waals surface area contributed by atoms with Gasteiger partial charge < -0.3 is 10.6 Å². The third-order valence-electron chi connectivity index (χ3n) is 3.52. The van der Waals surface area contributed by atoms with E-state index < -0.39 is 0 Å². The molecule has 21 heavy (non-hydrogen) atoms. The Labute approximate surface area is 131 Å². The third kappa shape index (κ3) is 3.50. The Kier molecular flexibility index (Phi) is 5.12. The number of benzene rings is 1. The lowest BCUT2D eigenvalue weighted by Crippen LogP contribution is -2.25. The normalized spacial score (nSPS) is 10.9. The number of nitrogens with zero attached hydrogens (tertiary/aromatic N) is 3. The highest BCUT2D eigenvalue weighted by molar-refractivity contribution is 6.31. The molecule has 2 N–H and O–H groups in total. The quantitative estimate of drug-likeness (QED) is 0.824. The van der Waals surface area contributed by atoms with Gasteiger partial charge in [-0.3, -0.25) is 4.68 Å². The lowest BCUT2D eigenvalue weighted by atomic mass is 10.2. The highest BCUT2D eigenvalue weighted by atomic mass is 35.5. The Morgan fingerprint density at radius 3 is 2.71 bits per heavy atom. The van der Waals surface area contributed by atoms with Crippen LogP contribution < -0.4 is 10.6 Å². The molecule has 1 aromatic carbocycles. The second kappa shape index (κ2) is 6.85. The SMILES string of the molecule is CCCN(Cc1c(Cl)c(C)nn1CC)c1cccc(N)c1. The van der Waals surface area contributed by atoms with E-state index in [9.17, 15) is 0 Å². The fraction of sp³-hybridized carbons (Fsp3) is 0.438. The first kappa shape index (κ1) is 15.7. The summed E-state index contributed by atoms with van der Waals surface area (Å²) in [4.78, 5) is 2.30. The molecular weight excluding hydrogens is 284 g/mol. The fourth-order valence-electron chi connectivity index (χ4n) is 2.49. The van der Waals surface area contributed by atoms with Crippen molar-refractivity contribution >= 4 is 23.0 Å². The van der Waals surface area contributed by atoms with E-state index in [0.717, 1.165) is 53.8 Å². The molecular formula is C16H23ClN4. The number of aromatic nitrogens is 2. The molecule has 0 saturated carbocycles. The van der Waals surface area contributed by atoms with Crippen LogP contribution in [0.1, 0.15) is 31.7 Å². The van der Waals surface area contributed by atoms with E-state index >= 15 is 0 Å². The molecule has 1 aromatic heterocycles. The van der Waals surface area contributed by atoms with Gasteiger partial charge in [-0.15, -0.1) is 0 Å². The molecule has 4 nitrogen and oxygen atoms in total. The molecule has 0 unspecified atom stereocenters. The van der Waals surface area contributed by atoms with Crippen molar-refractivity contribution < 1.29 is 0 Å². The Balaban J connectivity index is 2.32. The number of nitrogen functional groups attached to an aromatic ring is 1. The van der Waals surface area contributed by atoms with E-state index in [1.165, 1.54) is 0 Å². The van der Waals surface area contributed by atoms with Crippen LogP contribution in [0.15, 0.2) is 24.3 Å². The number of hydrogen-bond acceptors (Lipinski definition) is 3. The first-order valence-corrected chi connectivity index (χ1v) is 7.76. The van der Waals surface area contributed by atoms with Gasteiger partial charge in [0.05, 0.1) is 23.0 Å². The number of halogens is 1. The Bertz CT molecular complexity index is 606. The summed E-state index contributed by atoms with van der Waals surface area (Å²) in [5, 5.41) is 5.25. The molecule has 1 heterocycles. The van der Waals surface area contributed by atoms with Gasteiger partial charge in [0.1, 0.15) is 0 Å². The van der Waals surface area contributed by atoms with E-state index in [1.807, 2.05) is 29.8 Å². The summed E-state index contributed by atoms with van der Waals surface area (Å²) >= 11 is 6.42. The highest BCUT2D eigenvalue weighted by Gasteiger charge is 2.16. The minimum absolute atomic E-state index is 0.741. The van der Waals surface area contributed by atoms with Crippen molar-refractivity contribution in [2.75, 3.05) is 17.2 Å². The minimum atomic E-state index is 0.741. The Morgan fingerprint density at radius 2 is 2.10 bits per heavy atom. The molecule has 0 bridgehead atoms. The predicted octanol–water partition coefficient (Wildman–Crippen LogP) is 3.86. The zero-order valence-corrected chi connectivity index (χ0v) is 13.7. The molecule has 0 atom stereocenters. The van der Waals surface area contributed by atoms with Crippen molar-refractivity contribution in [3.05, 3.63) is 40.7 Å². The van der Waals surface area contributed by atoms with E-state index in [0.29, 0.717) is 0 Å². The first-order chi connectivity index (χ1) is 10.1. The number of rotatable bonds is 6. The molecule has 0 fully saturated rings. The van der Waals surface area contributed by atoms with Gasteiger partial charge in [-0.1, -0.05) is 24.6 Å². The van der Waals surface area contributed by atoms with E-state index in [2.05, 4.69) is 29.9 Å². The van der Waals surface area contributed by atoms with Crippen LogP contribution in [0, 0.1) is 6.92 Å². The van der Waals surface area contributed by atoms with Gasteiger partial charge in [-0.05, 0) is 38.5 Å². The molecule has 0 aliphatic carbocycles. The van der Waals surface area contributed by atoms with Gasteiger partial charge in [0.25, 0.3) is 0 Å². The second-order valence-corrected chi connectivity index (χ2v) is 5.56. The smallest absolute Gasteiger partial charge is 0.0865 e. The average molecular weight is 307 g/mol. The lowest BCUT2D eigenvalue weighted by molar-refractivity contribution is 0.604. The molecule has 2 aromatic rings. The zero-order valence-electron chi connectivity index (χ0n) is 12.9. The van der Waals surface area contributed by atoms with E-state index in [-0.39, 0.29) is 0 Å². The highest BCUT2D eigenvalue weighted by Crippen LogP contribution is 2.25. The monoisotopic (exact) mass is 306 g/mol. The van der Waals surface area contributed by atoms with Crippen LogP contribution in [0.3, 0.4) is 0 Å². The van der Waals surface area contributed by atoms with Crippen LogP contribution in [0.25, 0.3) is 0 Å². The average Bonchev–Trinajstić information content (AvgIpc) is 2.74. The van der Waals surface area contributed by atoms with Gasteiger partial charge in [0.15, 0.2) is 0 Å². The van der Waals surface area contributed by atoms with Crippen LogP contribution in [0.5, 0.6) is 0 Å². The summed E-state index contributed by atoms with van der Waals surface area (Å²) in [5.41, 5.74) is 9.75. The van der Waals surface area contributed by atoms with E-state index in [1.54, 1.807) is 0 Å². The number of nitrogens with two attached hydrogens (primary N) is 1. The lowest BCUT2D eigenvalue weighted by Gasteiger charge is -2.25. The molecule has 0 amide bonds. The Morgan fingerprint density at radius 1 is 1.33 bits per heavy atom. The van der Waals surface area contributed by atoms with Gasteiger partial charge in [0, 0.05) is 24.5 Å². The summed E-state index contributed by atoms with van der Waals surface area (Å²) in [7, 11) is 0. The van der Waals surface area contributed by atoms with Crippen molar-refractivity contribution in [1.29, 1.82) is 0 Å². The van der Waals surface area contributed by atoms with Gasteiger partial charge in [-0.25, -0.2) is 0 Å².